The van der Waals surface area contributed by atoms with E-state index in [2.05, 4.69) is 26.8 Å². The fourth-order valence-corrected chi connectivity index (χ4v) is 4.79. The van der Waals surface area contributed by atoms with Crippen LogP contribution in [-0.2, 0) is 4.79 Å². The van der Waals surface area contributed by atoms with Gasteiger partial charge in [-0.1, -0.05) is 29.8 Å². The van der Waals surface area contributed by atoms with Crippen molar-refractivity contribution in [3.8, 4) is 0 Å². The zero-order valence-electron chi connectivity index (χ0n) is 13.7. The third kappa shape index (κ3) is 2.48. The number of carbonyl (C=O) groups is 1. The highest BCUT2D eigenvalue weighted by Crippen LogP contribution is 2.44. The van der Waals surface area contributed by atoms with Crippen molar-refractivity contribution in [2.45, 2.75) is 24.8 Å². The molecule has 3 heterocycles. The summed E-state index contributed by atoms with van der Waals surface area (Å²) in [7, 11) is 0. The molecule has 2 aliphatic rings. The summed E-state index contributed by atoms with van der Waals surface area (Å²) < 4.78 is 1.78. The molecule has 1 aliphatic carbocycles. The summed E-state index contributed by atoms with van der Waals surface area (Å²) in [6.45, 7) is 0. The van der Waals surface area contributed by atoms with Crippen molar-refractivity contribution in [2.75, 3.05) is 5.32 Å². The summed E-state index contributed by atoms with van der Waals surface area (Å²) in [5.41, 5.74) is 2.73. The maximum atomic E-state index is 13.1. The van der Waals surface area contributed by atoms with Crippen LogP contribution < -0.4 is 5.32 Å². The van der Waals surface area contributed by atoms with E-state index in [1.165, 1.54) is 11.2 Å². The Kier molecular flexibility index (Phi) is 3.69. The normalized spacial score (nSPS) is 22.0. The zero-order chi connectivity index (χ0) is 17.7. The molecular formula is C19H15ClN4OS. The molecule has 3 aromatic rings. The molecule has 0 saturated heterocycles. The number of anilines is 1. The van der Waals surface area contributed by atoms with Gasteiger partial charge in [0.05, 0.1) is 0 Å². The van der Waals surface area contributed by atoms with Gasteiger partial charge in [0, 0.05) is 33.5 Å². The molecule has 7 heteroatoms. The van der Waals surface area contributed by atoms with Crippen LogP contribution >= 0.6 is 22.9 Å². The Morgan fingerprint density at radius 2 is 2.04 bits per heavy atom. The van der Waals surface area contributed by atoms with Crippen LogP contribution in [0.3, 0.4) is 0 Å². The number of halogens is 1. The predicted octanol–water partition coefficient (Wildman–Crippen LogP) is 4.41. The minimum absolute atomic E-state index is 0.165. The van der Waals surface area contributed by atoms with Crippen molar-refractivity contribution in [3.63, 3.8) is 0 Å². The second kappa shape index (κ2) is 6.07. The summed E-state index contributed by atoms with van der Waals surface area (Å²) in [5, 5.41) is 10.4. The molecule has 0 amide bonds. The predicted molar refractivity (Wildman–Crippen MR) is 102 cm³/mol. The Morgan fingerprint density at radius 3 is 2.81 bits per heavy atom. The summed E-state index contributed by atoms with van der Waals surface area (Å²) in [6, 6.07) is 11.5. The summed E-state index contributed by atoms with van der Waals surface area (Å²) in [4.78, 5) is 18.7. The van der Waals surface area contributed by atoms with Crippen LogP contribution in [0.5, 0.6) is 0 Å². The van der Waals surface area contributed by atoms with E-state index in [9.17, 15) is 4.79 Å². The van der Waals surface area contributed by atoms with E-state index >= 15 is 0 Å². The van der Waals surface area contributed by atoms with Gasteiger partial charge in [0.25, 0.3) is 0 Å². The van der Waals surface area contributed by atoms with Gasteiger partial charge >= 0.3 is 0 Å². The van der Waals surface area contributed by atoms with E-state index < -0.39 is 0 Å². The first-order valence-electron chi connectivity index (χ1n) is 8.42. The lowest BCUT2D eigenvalue weighted by Crippen LogP contribution is -2.33. The number of nitrogens with zero attached hydrogens (tertiary/aromatic N) is 3. The number of fused-ring (bicyclic) bond motifs is 1. The molecule has 130 valence electrons. The molecule has 2 aromatic heterocycles. The van der Waals surface area contributed by atoms with Gasteiger partial charge in [-0.25, -0.2) is 4.68 Å². The number of allylic oxidation sites excluding steroid dienone is 2. The largest absolute Gasteiger partial charge is 0.328 e. The number of nitrogens with one attached hydrogen (secondary N) is 1. The number of Topliss-reactive ketones (excluding diaryl/α,β-unsaturated/α-hetero) is 1. The van der Waals surface area contributed by atoms with Crippen LogP contribution in [0.4, 0.5) is 5.95 Å². The van der Waals surface area contributed by atoms with E-state index in [4.69, 9.17) is 11.6 Å². The minimum Gasteiger partial charge on any atom is -0.328 e. The average Bonchev–Trinajstić information content (AvgIpc) is 3.32. The minimum atomic E-state index is -0.266. The summed E-state index contributed by atoms with van der Waals surface area (Å²) in [6.07, 6.45) is 2.85. The second-order valence-corrected chi connectivity index (χ2v) is 7.96. The van der Waals surface area contributed by atoms with Crippen molar-refractivity contribution in [2.24, 2.45) is 0 Å². The SMILES string of the molecule is O=C1CC(c2cccs2)CC2=C1C(c1ccc(Cl)cc1)n1ncnc1N2. The molecule has 0 saturated carbocycles. The molecule has 5 nitrogen and oxygen atoms in total. The van der Waals surface area contributed by atoms with E-state index in [1.807, 2.05) is 30.3 Å². The Balaban J connectivity index is 1.62. The van der Waals surface area contributed by atoms with E-state index in [-0.39, 0.29) is 17.7 Å². The zero-order valence-corrected chi connectivity index (χ0v) is 15.3. The molecular weight excluding hydrogens is 368 g/mol. The molecule has 2 atom stereocenters. The van der Waals surface area contributed by atoms with E-state index in [0.717, 1.165) is 23.3 Å². The average molecular weight is 383 g/mol. The van der Waals surface area contributed by atoms with E-state index in [1.54, 1.807) is 16.0 Å². The van der Waals surface area contributed by atoms with Gasteiger partial charge in [0.15, 0.2) is 5.78 Å². The third-order valence-electron chi connectivity index (χ3n) is 4.99. The lowest BCUT2D eigenvalue weighted by molar-refractivity contribution is -0.116. The number of aromatic nitrogens is 3. The van der Waals surface area contributed by atoms with Crippen LogP contribution in [0, 0.1) is 0 Å². The molecule has 1 aliphatic heterocycles. The lowest BCUT2D eigenvalue weighted by Gasteiger charge is -2.34. The van der Waals surface area contributed by atoms with Gasteiger partial charge in [-0.15, -0.1) is 11.3 Å². The maximum Gasteiger partial charge on any atom is 0.226 e. The van der Waals surface area contributed by atoms with Crippen LogP contribution in [0.25, 0.3) is 0 Å². The number of thiophene rings is 1. The number of hydrogen-bond acceptors (Lipinski definition) is 5. The van der Waals surface area contributed by atoms with Gasteiger partial charge in [-0.05, 0) is 35.6 Å². The number of rotatable bonds is 2. The van der Waals surface area contributed by atoms with Crippen molar-refractivity contribution in [3.05, 3.63) is 74.8 Å². The number of hydrogen-bond donors (Lipinski definition) is 1. The van der Waals surface area contributed by atoms with Crippen LogP contribution in [-0.4, -0.2) is 20.5 Å². The molecule has 5 rings (SSSR count). The van der Waals surface area contributed by atoms with Gasteiger partial charge in [0.2, 0.25) is 5.95 Å². The first kappa shape index (κ1) is 15.8. The number of benzene rings is 1. The first-order chi connectivity index (χ1) is 12.7. The molecule has 0 bridgehead atoms. The Hall–Kier alpha value is -2.44. The molecule has 0 radical (unpaired) electrons. The molecule has 0 fully saturated rings. The van der Waals surface area contributed by atoms with Crippen molar-refractivity contribution >= 4 is 34.7 Å². The second-order valence-electron chi connectivity index (χ2n) is 6.54. The Bertz CT molecular complexity index is 1010. The van der Waals surface area contributed by atoms with E-state index in [0.29, 0.717) is 17.4 Å². The van der Waals surface area contributed by atoms with Crippen molar-refractivity contribution < 1.29 is 4.79 Å². The molecule has 0 spiro atoms. The molecule has 26 heavy (non-hydrogen) atoms. The summed E-state index contributed by atoms with van der Waals surface area (Å²) in [5.74, 6) is 1.05. The maximum absolute atomic E-state index is 13.1. The quantitative estimate of drug-likeness (QED) is 0.713. The highest BCUT2D eigenvalue weighted by atomic mass is 35.5. The number of ketones is 1. The smallest absolute Gasteiger partial charge is 0.226 e. The fourth-order valence-electron chi connectivity index (χ4n) is 3.83. The highest BCUT2D eigenvalue weighted by molar-refractivity contribution is 7.10. The highest BCUT2D eigenvalue weighted by Gasteiger charge is 2.39. The Labute approximate surface area is 159 Å². The van der Waals surface area contributed by atoms with Gasteiger partial charge < -0.3 is 5.32 Å². The standard InChI is InChI=1S/C19H15ClN4OS/c20-13-5-3-11(4-6-13)18-17-14(23-19-21-10-22-24(18)19)8-12(9-15(17)25)16-2-1-7-26-16/h1-7,10,12,18H,8-9H2,(H,21,22,23). The Morgan fingerprint density at radius 1 is 1.19 bits per heavy atom. The first-order valence-corrected chi connectivity index (χ1v) is 9.68. The van der Waals surface area contributed by atoms with Gasteiger partial charge in [0.1, 0.15) is 12.4 Å². The molecule has 1 aromatic carbocycles. The number of carbonyl (C=O) groups excluding carboxylic acids is 1. The van der Waals surface area contributed by atoms with Crippen LogP contribution in [0.1, 0.15) is 35.2 Å². The van der Waals surface area contributed by atoms with Gasteiger partial charge in [-0.2, -0.15) is 10.1 Å². The lowest BCUT2D eigenvalue weighted by atomic mass is 9.80. The fraction of sp³-hybridized carbons (Fsp3) is 0.211. The monoisotopic (exact) mass is 382 g/mol. The topological polar surface area (TPSA) is 59.8 Å². The molecule has 1 N–H and O–H groups in total. The molecule has 2 unspecified atom stereocenters. The summed E-state index contributed by atoms with van der Waals surface area (Å²) >= 11 is 7.75. The van der Waals surface area contributed by atoms with Crippen LogP contribution in [0.15, 0.2) is 59.4 Å². The van der Waals surface area contributed by atoms with Crippen molar-refractivity contribution in [1.82, 2.24) is 14.8 Å². The third-order valence-corrected chi connectivity index (χ3v) is 6.28. The van der Waals surface area contributed by atoms with Crippen LogP contribution in [0.2, 0.25) is 5.02 Å². The van der Waals surface area contributed by atoms with Gasteiger partial charge in [-0.3, -0.25) is 4.79 Å². The van der Waals surface area contributed by atoms with Crippen molar-refractivity contribution in [1.29, 1.82) is 0 Å².